The van der Waals surface area contributed by atoms with Crippen LogP contribution >= 0.6 is 0 Å². The molecular weight excluding hydrogens is 346 g/mol. The van der Waals surface area contributed by atoms with Crippen molar-refractivity contribution in [1.29, 1.82) is 5.26 Å². The molecule has 4 aliphatic rings. The van der Waals surface area contributed by atoms with Gasteiger partial charge in [0.05, 0.1) is 11.5 Å². The third-order valence-corrected chi connectivity index (χ3v) is 7.06. The number of nitriles is 1. The first-order chi connectivity index (χ1) is 13.7. The fourth-order valence-electron chi connectivity index (χ4n) is 6.15. The normalized spacial score (nSPS) is 31.6. The summed E-state index contributed by atoms with van der Waals surface area (Å²) in [5.41, 5.74) is 0.913. The molecule has 0 amide bonds. The van der Waals surface area contributed by atoms with Crippen LogP contribution in [0.2, 0.25) is 0 Å². The molecule has 0 N–H and O–H groups in total. The summed E-state index contributed by atoms with van der Waals surface area (Å²) < 4.78 is 6.13. The lowest BCUT2D eigenvalue weighted by Gasteiger charge is -2.55. The van der Waals surface area contributed by atoms with Crippen LogP contribution in [0.4, 0.5) is 0 Å². The highest BCUT2D eigenvalue weighted by Gasteiger charge is 2.55. The summed E-state index contributed by atoms with van der Waals surface area (Å²) in [5, 5.41) is 8.78. The molecule has 148 valence electrons. The minimum absolute atomic E-state index is 0.0506. The molecule has 1 aromatic carbocycles. The Morgan fingerprint density at radius 3 is 2.36 bits per heavy atom. The molecule has 4 saturated carbocycles. The topological polar surface area (TPSA) is 50.1 Å². The summed E-state index contributed by atoms with van der Waals surface area (Å²) in [6, 6.07) is 12.4. The Kier molecular flexibility index (Phi) is 5.85. The fraction of sp³-hybridized carbons (Fsp3) is 0.600. The van der Waals surface area contributed by atoms with E-state index in [0.717, 1.165) is 61.8 Å². The van der Waals surface area contributed by atoms with Crippen LogP contribution in [0.15, 0.2) is 36.4 Å². The number of unbranched alkanes of at least 4 members (excludes halogenated alkanes) is 2. The van der Waals surface area contributed by atoms with Crippen LogP contribution < -0.4 is 0 Å². The molecular formula is C25H31NO2. The van der Waals surface area contributed by atoms with E-state index < -0.39 is 0 Å². The number of hydrogen-bond acceptors (Lipinski definition) is 3. The lowest BCUT2D eigenvalue weighted by atomic mass is 9.49. The minimum atomic E-state index is -0.208. The zero-order valence-electron chi connectivity index (χ0n) is 16.7. The van der Waals surface area contributed by atoms with E-state index in [9.17, 15) is 4.79 Å². The van der Waals surface area contributed by atoms with Gasteiger partial charge >= 0.3 is 5.97 Å². The van der Waals surface area contributed by atoms with E-state index in [-0.39, 0.29) is 17.5 Å². The molecule has 0 spiro atoms. The largest absolute Gasteiger partial charge is 0.458 e. The summed E-state index contributed by atoms with van der Waals surface area (Å²) in [6.07, 6.45) is 14.2. The lowest BCUT2D eigenvalue weighted by Crippen LogP contribution is -2.51. The molecule has 4 aliphatic carbocycles. The molecule has 0 aliphatic heterocycles. The average molecular weight is 378 g/mol. The Labute approximate surface area is 168 Å². The molecule has 4 fully saturated rings. The number of ether oxygens (including phenoxy) is 1. The van der Waals surface area contributed by atoms with Crippen LogP contribution in [0, 0.1) is 34.5 Å². The van der Waals surface area contributed by atoms with Crippen molar-refractivity contribution in [3.8, 4) is 6.07 Å². The quantitative estimate of drug-likeness (QED) is 0.418. The highest BCUT2D eigenvalue weighted by molar-refractivity contribution is 5.78. The van der Waals surface area contributed by atoms with Gasteiger partial charge < -0.3 is 4.74 Å². The molecule has 5 rings (SSSR count). The van der Waals surface area contributed by atoms with Crippen molar-refractivity contribution in [2.75, 3.05) is 0 Å². The van der Waals surface area contributed by atoms with Crippen molar-refractivity contribution >= 4 is 12.0 Å². The molecule has 3 nitrogen and oxygen atoms in total. The van der Waals surface area contributed by atoms with Crippen molar-refractivity contribution in [2.45, 2.75) is 70.3 Å². The van der Waals surface area contributed by atoms with Crippen LogP contribution in [-0.2, 0) is 9.53 Å². The molecule has 0 radical (unpaired) electrons. The number of rotatable bonds is 8. The first-order valence-electron chi connectivity index (χ1n) is 11.0. The summed E-state index contributed by atoms with van der Waals surface area (Å²) in [5.74, 6) is 2.28. The van der Waals surface area contributed by atoms with Gasteiger partial charge in [0.25, 0.3) is 0 Å². The van der Waals surface area contributed by atoms with Crippen LogP contribution in [0.25, 0.3) is 6.08 Å². The van der Waals surface area contributed by atoms with Crippen molar-refractivity contribution in [1.82, 2.24) is 0 Å². The van der Waals surface area contributed by atoms with Crippen LogP contribution in [0.3, 0.4) is 0 Å². The molecule has 4 bridgehead atoms. The Hall–Kier alpha value is -2.08. The number of esters is 1. The standard InChI is InChI=1S/C25H31NO2/c26-12-6-2-5-9-23(11-10-19-7-3-1-4-8-19)28-24(27)25-16-20-13-21(17-25)15-22(14-20)18-25/h1,3-4,7-8,10-11,20-23H,2,5-6,9,13-18H2/b11-10+/t20?,21?,22?,23-,25?/m1/s1. The second kappa shape index (κ2) is 8.52. The maximum atomic E-state index is 13.3. The van der Waals surface area contributed by atoms with Crippen molar-refractivity contribution in [3.63, 3.8) is 0 Å². The van der Waals surface area contributed by atoms with E-state index in [0.29, 0.717) is 6.42 Å². The van der Waals surface area contributed by atoms with E-state index in [4.69, 9.17) is 10.00 Å². The van der Waals surface area contributed by atoms with E-state index in [1.165, 1.54) is 19.3 Å². The highest BCUT2D eigenvalue weighted by Crippen LogP contribution is 2.60. The summed E-state index contributed by atoms with van der Waals surface area (Å²) in [6.45, 7) is 0. The molecule has 3 heteroatoms. The monoisotopic (exact) mass is 377 g/mol. The number of hydrogen-bond donors (Lipinski definition) is 0. The van der Waals surface area contributed by atoms with Gasteiger partial charge in [-0.25, -0.2) is 0 Å². The summed E-state index contributed by atoms with van der Waals surface area (Å²) in [4.78, 5) is 13.3. The van der Waals surface area contributed by atoms with Gasteiger partial charge in [-0.1, -0.05) is 36.4 Å². The summed E-state index contributed by atoms with van der Waals surface area (Å²) >= 11 is 0. The molecule has 0 aromatic heterocycles. The van der Waals surface area contributed by atoms with Gasteiger partial charge in [0.2, 0.25) is 0 Å². The van der Waals surface area contributed by atoms with Gasteiger partial charge in [-0.3, -0.25) is 4.79 Å². The van der Waals surface area contributed by atoms with Crippen LogP contribution in [0.1, 0.15) is 69.8 Å². The second-order valence-corrected chi connectivity index (χ2v) is 9.32. The maximum absolute atomic E-state index is 13.3. The van der Waals surface area contributed by atoms with E-state index >= 15 is 0 Å². The maximum Gasteiger partial charge on any atom is 0.312 e. The second-order valence-electron chi connectivity index (χ2n) is 9.32. The van der Waals surface area contributed by atoms with Gasteiger partial charge in [-0.05, 0) is 87.2 Å². The van der Waals surface area contributed by atoms with Crippen LogP contribution in [0.5, 0.6) is 0 Å². The van der Waals surface area contributed by atoms with E-state index in [1.54, 1.807) is 0 Å². The van der Waals surface area contributed by atoms with E-state index in [2.05, 4.69) is 24.3 Å². The minimum Gasteiger partial charge on any atom is -0.458 e. The van der Waals surface area contributed by atoms with Gasteiger partial charge in [0.1, 0.15) is 6.10 Å². The smallest absolute Gasteiger partial charge is 0.312 e. The Morgan fingerprint density at radius 2 is 1.75 bits per heavy atom. The van der Waals surface area contributed by atoms with Crippen molar-refractivity contribution in [2.24, 2.45) is 23.2 Å². The SMILES string of the molecule is N#CCCCC[C@H](/C=C/c1ccccc1)OC(=O)C12CC3CC(CC(C3)C1)C2. The predicted molar refractivity (Wildman–Crippen MR) is 110 cm³/mol. The number of carbonyl (C=O) groups is 1. The predicted octanol–water partition coefficient (Wildman–Crippen LogP) is 5.91. The highest BCUT2D eigenvalue weighted by atomic mass is 16.5. The third kappa shape index (κ3) is 4.32. The Morgan fingerprint density at radius 1 is 1.11 bits per heavy atom. The third-order valence-electron chi connectivity index (χ3n) is 7.06. The molecule has 0 unspecified atom stereocenters. The van der Waals surface area contributed by atoms with Gasteiger partial charge in [0, 0.05) is 6.42 Å². The van der Waals surface area contributed by atoms with Gasteiger partial charge in [-0.2, -0.15) is 5.26 Å². The average Bonchev–Trinajstić information content (AvgIpc) is 2.69. The van der Waals surface area contributed by atoms with Crippen molar-refractivity contribution < 1.29 is 9.53 Å². The van der Waals surface area contributed by atoms with Crippen LogP contribution in [-0.4, -0.2) is 12.1 Å². The molecule has 0 saturated heterocycles. The Balaban J connectivity index is 1.43. The zero-order chi connectivity index (χ0) is 19.4. The van der Waals surface area contributed by atoms with Gasteiger partial charge in [-0.15, -0.1) is 0 Å². The first-order valence-corrected chi connectivity index (χ1v) is 11.0. The van der Waals surface area contributed by atoms with Crippen molar-refractivity contribution in [3.05, 3.63) is 42.0 Å². The molecule has 1 atom stereocenters. The van der Waals surface area contributed by atoms with Gasteiger partial charge in [0.15, 0.2) is 0 Å². The van der Waals surface area contributed by atoms with E-state index in [1.807, 2.05) is 24.3 Å². The number of nitrogens with zero attached hydrogens (tertiary/aromatic N) is 1. The number of carbonyl (C=O) groups excluding carboxylic acids is 1. The Bertz CT molecular complexity index is 710. The number of benzene rings is 1. The first kappa shape index (κ1) is 19.2. The zero-order valence-corrected chi connectivity index (χ0v) is 16.7. The molecule has 0 heterocycles. The molecule has 1 aromatic rings. The fourth-order valence-corrected chi connectivity index (χ4v) is 6.15. The lowest BCUT2D eigenvalue weighted by molar-refractivity contribution is -0.175. The summed E-state index contributed by atoms with van der Waals surface area (Å²) in [7, 11) is 0. The molecule has 28 heavy (non-hydrogen) atoms.